The van der Waals surface area contributed by atoms with Crippen LogP contribution in [0.15, 0.2) is 30.3 Å². The van der Waals surface area contributed by atoms with Crippen molar-refractivity contribution in [2.24, 2.45) is 5.73 Å². The number of hydrogen-bond acceptors (Lipinski definition) is 5. The van der Waals surface area contributed by atoms with E-state index >= 15 is 0 Å². The van der Waals surface area contributed by atoms with Gasteiger partial charge in [-0.15, -0.1) is 0 Å². The SMILES string of the molecule is CO[C@H]1CCCC[C@H](N)C(=O)O[C@@H](C)[C@@H]1Oc1ccccc1. The third-order valence-corrected chi connectivity index (χ3v) is 4.01. The fourth-order valence-corrected chi connectivity index (χ4v) is 2.71. The number of benzene rings is 1. The summed E-state index contributed by atoms with van der Waals surface area (Å²) in [5.74, 6) is 0.365. The lowest BCUT2D eigenvalue weighted by molar-refractivity contribution is -0.160. The van der Waals surface area contributed by atoms with Gasteiger partial charge in [-0.05, 0) is 31.9 Å². The van der Waals surface area contributed by atoms with Gasteiger partial charge in [0, 0.05) is 7.11 Å². The smallest absolute Gasteiger partial charge is 0.323 e. The predicted molar refractivity (Wildman–Crippen MR) is 83.7 cm³/mol. The zero-order chi connectivity index (χ0) is 15.9. The van der Waals surface area contributed by atoms with Gasteiger partial charge in [-0.1, -0.05) is 31.0 Å². The number of carbonyl (C=O) groups is 1. The van der Waals surface area contributed by atoms with E-state index in [0.717, 1.165) is 25.0 Å². The average Bonchev–Trinajstić information content (AvgIpc) is 2.53. The molecule has 4 atom stereocenters. The molecule has 1 aromatic carbocycles. The van der Waals surface area contributed by atoms with Crippen molar-refractivity contribution in [1.29, 1.82) is 0 Å². The Labute approximate surface area is 131 Å². The highest BCUT2D eigenvalue weighted by atomic mass is 16.6. The van der Waals surface area contributed by atoms with Gasteiger partial charge in [0.2, 0.25) is 0 Å². The molecule has 1 saturated heterocycles. The number of esters is 1. The second-order valence-electron chi connectivity index (χ2n) is 5.70. The Bertz CT molecular complexity index is 465. The molecule has 5 heteroatoms. The summed E-state index contributed by atoms with van der Waals surface area (Å²) in [5.41, 5.74) is 5.85. The molecule has 0 amide bonds. The lowest BCUT2D eigenvalue weighted by Gasteiger charge is -2.32. The zero-order valence-corrected chi connectivity index (χ0v) is 13.2. The third kappa shape index (κ3) is 4.45. The van der Waals surface area contributed by atoms with Gasteiger partial charge in [0.25, 0.3) is 0 Å². The molecule has 0 aromatic heterocycles. The number of cyclic esters (lactones) is 1. The third-order valence-electron chi connectivity index (χ3n) is 4.01. The zero-order valence-electron chi connectivity index (χ0n) is 13.2. The molecular weight excluding hydrogens is 282 g/mol. The van der Waals surface area contributed by atoms with E-state index in [-0.39, 0.29) is 18.2 Å². The van der Waals surface area contributed by atoms with Crippen LogP contribution in [0.1, 0.15) is 32.6 Å². The maximum atomic E-state index is 12.0. The summed E-state index contributed by atoms with van der Waals surface area (Å²) >= 11 is 0. The molecule has 1 aliphatic heterocycles. The van der Waals surface area contributed by atoms with Gasteiger partial charge in [-0.25, -0.2) is 0 Å². The second-order valence-corrected chi connectivity index (χ2v) is 5.70. The fourth-order valence-electron chi connectivity index (χ4n) is 2.71. The highest BCUT2D eigenvalue weighted by molar-refractivity contribution is 5.75. The standard InChI is InChI=1S/C17H25NO4/c1-12-16(22-13-8-4-3-5-9-13)15(20-2)11-7-6-10-14(18)17(19)21-12/h3-5,8-9,12,14-16H,6-7,10-11,18H2,1-2H3/t12-,14-,15-,16-/m0/s1. The van der Waals surface area contributed by atoms with E-state index in [9.17, 15) is 4.79 Å². The van der Waals surface area contributed by atoms with Gasteiger partial charge in [-0.2, -0.15) is 0 Å². The number of carbonyl (C=O) groups excluding carboxylic acids is 1. The maximum absolute atomic E-state index is 12.0. The Balaban J connectivity index is 2.16. The number of rotatable bonds is 3. The van der Waals surface area contributed by atoms with Crippen molar-refractivity contribution in [3.05, 3.63) is 30.3 Å². The molecule has 1 heterocycles. The highest BCUT2D eigenvalue weighted by Crippen LogP contribution is 2.23. The van der Waals surface area contributed by atoms with Gasteiger partial charge in [0.05, 0.1) is 6.10 Å². The van der Waals surface area contributed by atoms with Gasteiger partial charge in [0.1, 0.15) is 17.9 Å². The maximum Gasteiger partial charge on any atom is 0.323 e. The molecule has 1 aliphatic rings. The van der Waals surface area contributed by atoms with Crippen LogP contribution in [0.3, 0.4) is 0 Å². The topological polar surface area (TPSA) is 70.8 Å². The Morgan fingerprint density at radius 3 is 2.55 bits per heavy atom. The van der Waals surface area contributed by atoms with Crippen molar-refractivity contribution >= 4 is 5.97 Å². The molecule has 122 valence electrons. The molecule has 1 fully saturated rings. The summed E-state index contributed by atoms with van der Waals surface area (Å²) < 4.78 is 17.1. The van der Waals surface area contributed by atoms with Crippen LogP contribution in [0.25, 0.3) is 0 Å². The molecular formula is C17H25NO4. The molecule has 1 aromatic rings. The monoisotopic (exact) mass is 307 g/mol. The Morgan fingerprint density at radius 2 is 1.86 bits per heavy atom. The summed E-state index contributed by atoms with van der Waals surface area (Å²) in [7, 11) is 1.66. The Hall–Kier alpha value is -1.59. The van der Waals surface area contributed by atoms with Crippen LogP contribution in [0, 0.1) is 0 Å². The second kappa shape index (κ2) is 8.15. The minimum atomic E-state index is -0.557. The average molecular weight is 307 g/mol. The van der Waals surface area contributed by atoms with E-state index in [4.69, 9.17) is 19.9 Å². The van der Waals surface area contributed by atoms with Gasteiger partial charge < -0.3 is 19.9 Å². The van der Waals surface area contributed by atoms with E-state index in [2.05, 4.69) is 0 Å². The van der Waals surface area contributed by atoms with E-state index in [1.165, 1.54) is 0 Å². The molecule has 0 saturated carbocycles. The summed E-state index contributed by atoms with van der Waals surface area (Å²) in [6.07, 6.45) is 2.40. The van der Waals surface area contributed by atoms with Crippen LogP contribution in [0.5, 0.6) is 5.75 Å². The largest absolute Gasteiger partial charge is 0.484 e. The van der Waals surface area contributed by atoms with Crippen LogP contribution in [-0.2, 0) is 14.3 Å². The quantitative estimate of drug-likeness (QED) is 0.868. The minimum absolute atomic E-state index is 0.127. The van der Waals surface area contributed by atoms with Crippen LogP contribution < -0.4 is 10.5 Å². The lowest BCUT2D eigenvalue weighted by Crippen LogP contribution is -2.46. The van der Waals surface area contributed by atoms with E-state index in [1.54, 1.807) is 7.11 Å². The molecule has 2 N–H and O–H groups in total. The molecule has 0 aliphatic carbocycles. The summed E-state index contributed by atoms with van der Waals surface area (Å²) in [5, 5.41) is 0. The fraction of sp³-hybridized carbons (Fsp3) is 0.588. The molecule has 0 unspecified atom stereocenters. The molecule has 0 bridgehead atoms. The van der Waals surface area contributed by atoms with Gasteiger partial charge in [0.15, 0.2) is 6.10 Å². The molecule has 0 spiro atoms. The van der Waals surface area contributed by atoms with Gasteiger partial charge >= 0.3 is 5.97 Å². The first-order chi connectivity index (χ1) is 10.6. The lowest BCUT2D eigenvalue weighted by atomic mass is 9.99. The normalized spacial score (nSPS) is 30.4. The van der Waals surface area contributed by atoms with Crippen LogP contribution in [-0.4, -0.2) is 37.4 Å². The number of para-hydroxylation sites is 1. The number of hydrogen-bond donors (Lipinski definition) is 1. The predicted octanol–water partition coefficient (Wildman–Crippen LogP) is 2.28. The van der Waals surface area contributed by atoms with Crippen molar-refractivity contribution < 1.29 is 19.0 Å². The summed E-state index contributed by atoms with van der Waals surface area (Å²) in [6, 6.07) is 8.95. The van der Waals surface area contributed by atoms with E-state index < -0.39 is 12.1 Å². The number of methoxy groups -OCH3 is 1. The molecule has 2 rings (SSSR count). The van der Waals surface area contributed by atoms with E-state index in [1.807, 2.05) is 37.3 Å². The molecule has 22 heavy (non-hydrogen) atoms. The highest BCUT2D eigenvalue weighted by Gasteiger charge is 2.33. The number of ether oxygens (including phenoxy) is 3. The van der Waals surface area contributed by atoms with Crippen LogP contribution >= 0.6 is 0 Å². The Kier molecular flexibility index (Phi) is 6.21. The Morgan fingerprint density at radius 1 is 1.18 bits per heavy atom. The van der Waals surface area contributed by atoms with E-state index in [0.29, 0.717) is 6.42 Å². The first-order valence-corrected chi connectivity index (χ1v) is 7.82. The number of nitrogens with two attached hydrogens (primary N) is 1. The molecule has 5 nitrogen and oxygen atoms in total. The van der Waals surface area contributed by atoms with Crippen molar-refractivity contribution in [1.82, 2.24) is 0 Å². The van der Waals surface area contributed by atoms with Crippen molar-refractivity contribution in [3.8, 4) is 5.75 Å². The first-order valence-electron chi connectivity index (χ1n) is 7.82. The van der Waals surface area contributed by atoms with Crippen molar-refractivity contribution in [3.63, 3.8) is 0 Å². The van der Waals surface area contributed by atoms with Crippen molar-refractivity contribution in [2.45, 2.75) is 57.0 Å². The minimum Gasteiger partial charge on any atom is -0.484 e. The van der Waals surface area contributed by atoms with Gasteiger partial charge in [-0.3, -0.25) is 4.79 Å². The summed E-state index contributed by atoms with van der Waals surface area (Å²) in [6.45, 7) is 1.83. The van der Waals surface area contributed by atoms with Crippen LogP contribution in [0.2, 0.25) is 0 Å². The van der Waals surface area contributed by atoms with Crippen molar-refractivity contribution in [2.75, 3.05) is 7.11 Å². The summed E-state index contributed by atoms with van der Waals surface area (Å²) in [4.78, 5) is 12.0. The molecule has 0 radical (unpaired) electrons. The van der Waals surface area contributed by atoms with Crippen LogP contribution in [0.4, 0.5) is 0 Å². The first kappa shape index (κ1) is 16.8.